The van der Waals surface area contributed by atoms with E-state index in [0.717, 1.165) is 18.7 Å². The van der Waals surface area contributed by atoms with Crippen LogP contribution in [0.5, 0.6) is 0 Å². The van der Waals surface area contributed by atoms with Gasteiger partial charge in [-0.3, -0.25) is 4.79 Å². The number of thioether (sulfide) groups is 1. The van der Waals surface area contributed by atoms with Gasteiger partial charge in [0, 0.05) is 19.4 Å². The van der Waals surface area contributed by atoms with Crippen molar-refractivity contribution in [2.75, 3.05) is 12.0 Å². The topological polar surface area (TPSA) is 46.9 Å². The van der Waals surface area contributed by atoms with Crippen LogP contribution in [0.2, 0.25) is 0 Å². The average Bonchev–Trinajstić information content (AvgIpc) is 2.64. The lowest BCUT2D eigenvalue weighted by molar-refractivity contribution is -0.119. The largest absolute Gasteiger partial charge is 0.345 e. The lowest BCUT2D eigenvalue weighted by Crippen LogP contribution is -2.31. The van der Waals surface area contributed by atoms with E-state index in [2.05, 4.69) is 17.2 Å². The van der Waals surface area contributed by atoms with E-state index in [-0.39, 0.29) is 11.9 Å². The van der Waals surface area contributed by atoms with Crippen molar-refractivity contribution in [3.8, 4) is 0 Å². The molecule has 0 bridgehead atoms. The minimum atomic E-state index is 0.0321. The number of nitrogens with one attached hydrogen (secondary N) is 1. The maximum atomic E-state index is 11.6. The summed E-state index contributed by atoms with van der Waals surface area (Å²) in [5.41, 5.74) is 0. The minimum Gasteiger partial charge on any atom is -0.345 e. The van der Waals surface area contributed by atoms with E-state index in [1.54, 1.807) is 6.20 Å². The highest BCUT2D eigenvalue weighted by Crippen LogP contribution is 2.16. The third-order valence-corrected chi connectivity index (χ3v) is 2.91. The third-order valence-electron chi connectivity index (χ3n) is 2.36. The number of hydrogen-bond donors (Lipinski definition) is 1. The summed E-state index contributed by atoms with van der Waals surface area (Å²) in [6, 6.07) is 0.0321. The van der Waals surface area contributed by atoms with Crippen LogP contribution in [-0.2, 0) is 11.8 Å². The molecule has 1 atom stereocenters. The number of amides is 1. The zero-order valence-corrected chi connectivity index (χ0v) is 10.9. The van der Waals surface area contributed by atoms with Gasteiger partial charge in [-0.25, -0.2) is 4.98 Å². The second-order valence-corrected chi connectivity index (χ2v) is 4.60. The molecule has 0 saturated heterocycles. The van der Waals surface area contributed by atoms with Gasteiger partial charge in [-0.15, -0.1) is 0 Å². The fraction of sp³-hybridized carbons (Fsp3) is 0.636. The maximum Gasteiger partial charge on any atom is 0.230 e. The quantitative estimate of drug-likeness (QED) is 0.825. The van der Waals surface area contributed by atoms with Crippen LogP contribution in [0.25, 0.3) is 0 Å². The molecule has 4 nitrogen and oxygen atoms in total. The van der Waals surface area contributed by atoms with E-state index in [9.17, 15) is 4.79 Å². The average molecular weight is 241 g/mol. The summed E-state index contributed by atoms with van der Waals surface area (Å²) in [5, 5.41) is 3.02. The number of nitrogens with zero attached hydrogens (tertiary/aromatic N) is 2. The van der Waals surface area contributed by atoms with Crippen LogP contribution in [0.3, 0.4) is 0 Å². The highest BCUT2D eigenvalue weighted by atomic mass is 32.2. The molecule has 1 amide bonds. The Morgan fingerprint density at radius 3 is 2.94 bits per heavy atom. The summed E-state index contributed by atoms with van der Waals surface area (Å²) in [6.45, 7) is 2.11. The lowest BCUT2D eigenvalue weighted by atomic mass is 10.1. The monoisotopic (exact) mass is 241 g/mol. The summed E-state index contributed by atoms with van der Waals surface area (Å²) in [5.74, 6) is 1.51. The van der Waals surface area contributed by atoms with E-state index < -0.39 is 0 Å². The first-order chi connectivity index (χ1) is 7.69. The first kappa shape index (κ1) is 13.1. The number of imidazole rings is 1. The number of aryl methyl sites for hydroxylation is 1. The summed E-state index contributed by atoms with van der Waals surface area (Å²) >= 11 is 1.53. The Morgan fingerprint density at radius 2 is 2.44 bits per heavy atom. The molecule has 0 aliphatic carbocycles. The highest BCUT2D eigenvalue weighted by Gasteiger charge is 2.16. The van der Waals surface area contributed by atoms with Crippen LogP contribution in [0.4, 0.5) is 0 Å². The van der Waals surface area contributed by atoms with Crippen molar-refractivity contribution in [2.45, 2.75) is 25.8 Å². The number of hydrogen-bond acceptors (Lipinski definition) is 3. The Bertz CT molecular complexity index is 338. The Labute approximate surface area is 101 Å². The summed E-state index contributed by atoms with van der Waals surface area (Å²) < 4.78 is 1.96. The molecule has 1 N–H and O–H groups in total. The zero-order chi connectivity index (χ0) is 12.0. The lowest BCUT2D eigenvalue weighted by Gasteiger charge is -2.17. The molecule has 90 valence electrons. The molecule has 1 heterocycles. The van der Waals surface area contributed by atoms with Gasteiger partial charge in [-0.1, -0.05) is 13.3 Å². The van der Waals surface area contributed by atoms with E-state index in [1.165, 1.54) is 11.8 Å². The number of carbonyl (C=O) groups excluding carboxylic acids is 1. The van der Waals surface area contributed by atoms with Crippen molar-refractivity contribution < 1.29 is 4.79 Å². The Balaban J connectivity index is 2.68. The van der Waals surface area contributed by atoms with Gasteiger partial charge in [-0.05, 0) is 12.7 Å². The van der Waals surface area contributed by atoms with Crippen LogP contribution in [0.15, 0.2) is 12.4 Å². The predicted molar refractivity (Wildman–Crippen MR) is 67.4 cm³/mol. The zero-order valence-electron chi connectivity index (χ0n) is 10.1. The molecule has 5 heteroatoms. The molecule has 1 aromatic heterocycles. The minimum absolute atomic E-state index is 0.0321. The molecule has 0 aromatic carbocycles. The van der Waals surface area contributed by atoms with E-state index >= 15 is 0 Å². The molecular formula is C11H19N3OS. The number of rotatable bonds is 6. The molecule has 1 rings (SSSR count). The highest BCUT2D eigenvalue weighted by molar-refractivity contribution is 7.99. The third kappa shape index (κ3) is 3.56. The maximum absolute atomic E-state index is 11.6. The Hall–Kier alpha value is -0.970. The van der Waals surface area contributed by atoms with Gasteiger partial charge < -0.3 is 9.88 Å². The van der Waals surface area contributed by atoms with Crippen LogP contribution < -0.4 is 5.32 Å². The van der Waals surface area contributed by atoms with Crippen molar-refractivity contribution in [3.05, 3.63) is 18.2 Å². The van der Waals surface area contributed by atoms with Crippen molar-refractivity contribution in [1.82, 2.24) is 14.9 Å². The van der Waals surface area contributed by atoms with Gasteiger partial charge in [0.25, 0.3) is 0 Å². The summed E-state index contributed by atoms with van der Waals surface area (Å²) in [7, 11) is 1.95. The fourth-order valence-electron chi connectivity index (χ4n) is 1.63. The molecule has 16 heavy (non-hydrogen) atoms. The molecule has 0 fully saturated rings. The normalized spacial score (nSPS) is 12.4. The van der Waals surface area contributed by atoms with Crippen molar-refractivity contribution in [2.24, 2.45) is 7.05 Å². The van der Waals surface area contributed by atoms with Crippen LogP contribution in [-0.4, -0.2) is 27.5 Å². The molecule has 1 aromatic rings. The van der Waals surface area contributed by atoms with Crippen LogP contribution in [0, 0.1) is 0 Å². The van der Waals surface area contributed by atoms with Gasteiger partial charge in [0.15, 0.2) is 0 Å². The first-order valence-corrected chi connectivity index (χ1v) is 6.84. The fourth-order valence-corrected chi connectivity index (χ4v) is 1.98. The van der Waals surface area contributed by atoms with Crippen molar-refractivity contribution in [1.29, 1.82) is 0 Å². The first-order valence-electron chi connectivity index (χ1n) is 5.44. The van der Waals surface area contributed by atoms with Gasteiger partial charge in [-0.2, -0.15) is 11.8 Å². The second kappa shape index (κ2) is 6.58. The van der Waals surface area contributed by atoms with Crippen LogP contribution >= 0.6 is 11.8 Å². The van der Waals surface area contributed by atoms with Gasteiger partial charge in [0.1, 0.15) is 5.82 Å². The number of aromatic nitrogens is 2. The van der Waals surface area contributed by atoms with Crippen molar-refractivity contribution in [3.63, 3.8) is 0 Å². The molecule has 0 aliphatic heterocycles. The van der Waals surface area contributed by atoms with Gasteiger partial charge in [0.05, 0.1) is 11.8 Å². The van der Waals surface area contributed by atoms with Crippen LogP contribution in [0.1, 0.15) is 31.6 Å². The Kier molecular flexibility index (Phi) is 5.38. The standard InChI is InChI=1S/C11H19N3OS/c1-4-5-9(13-10(15)8-16-3)11-12-6-7-14(11)2/h6-7,9H,4-5,8H2,1-3H3,(H,13,15)/t9-/m1/s1. The molecule has 0 unspecified atom stereocenters. The van der Waals surface area contributed by atoms with Gasteiger partial charge >= 0.3 is 0 Å². The molecule has 0 aliphatic rings. The van der Waals surface area contributed by atoms with Gasteiger partial charge in [0.2, 0.25) is 5.91 Å². The molecular weight excluding hydrogens is 222 g/mol. The smallest absolute Gasteiger partial charge is 0.230 e. The molecule has 0 radical (unpaired) electrons. The SMILES string of the molecule is CCC[C@@H](NC(=O)CSC)c1nccn1C. The van der Waals surface area contributed by atoms with E-state index in [1.807, 2.05) is 24.1 Å². The molecule has 0 saturated carbocycles. The second-order valence-electron chi connectivity index (χ2n) is 3.74. The predicted octanol–water partition coefficient (Wildman–Crippen LogP) is 1.74. The summed E-state index contributed by atoms with van der Waals surface area (Å²) in [4.78, 5) is 15.9. The van der Waals surface area contributed by atoms with E-state index in [0.29, 0.717) is 5.75 Å². The summed E-state index contributed by atoms with van der Waals surface area (Å²) in [6.07, 6.45) is 7.54. The number of carbonyl (C=O) groups is 1. The Morgan fingerprint density at radius 1 is 1.69 bits per heavy atom. The molecule has 0 spiro atoms. The van der Waals surface area contributed by atoms with Crippen molar-refractivity contribution >= 4 is 17.7 Å². The van der Waals surface area contributed by atoms with E-state index in [4.69, 9.17) is 0 Å².